The van der Waals surface area contributed by atoms with Crippen LogP contribution in [-0.2, 0) is 9.59 Å². The minimum absolute atomic E-state index is 0.00800. The zero-order valence-corrected chi connectivity index (χ0v) is 20.6. The summed E-state index contributed by atoms with van der Waals surface area (Å²) in [6.07, 6.45) is 1.49. The number of benzene rings is 2. The van der Waals surface area contributed by atoms with E-state index in [0.717, 1.165) is 31.9 Å². The van der Waals surface area contributed by atoms with Crippen molar-refractivity contribution in [3.8, 4) is 5.75 Å². The van der Waals surface area contributed by atoms with Gasteiger partial charge in [0, 0.05) is 43.1 Å². The van der Waals surface area contributed by atoms with Crippen LogP contribution in [0, 0.1) is 6.92 Å². The monoisotopic (exact) mass is 487 g/mol. The first-order valence-electron chi connectivity index (χ1n) is 11.9. The molecule has 1 amide bonds. The average molecular weight is 488 g/mol. The van der Waals surface area contributed by atoms with E-state index >= 15 is 0 Å². The fourth-order valence-corrected chi connectivity index (χ4v) is 4.88. The summed E-state index contributed by atoms with van der Waals surface area (Å²) in [5, 5.41) is 11.3. The Balaban J connectivity index is 1.55. The number of nitrogens with zero attached hydrogens (tertiary/aromatic N) is 3. The van der Waals surface area contributed by atoms with E-state index in [0.29, 0.717) is 28.3 Å². The number of aliphatic hydroxyl groups excluding tert-OH is 1. The van der Waals surface area contributed by atoms with Crippen molar-refractivity contribution >= 4 is 28.8 Å². The molecule has 2 saturated heterocycles. The lowest BCUT2D eigenvalue weighted by Gasteiger charge is -2.34. The number of aliphatic hydroxyl groups is 1. The number of amides is 1. The average Bonchev–Trinajstić information content (AvgIpc) is 3.51. The number of hydrogen-bond acceptors (Lipinski definition) is 7. The molecule has 8 nitrogen and oxygen atoms in total. The Labute approximate surface area is 210 Å². The molecule has 2 fully saturated rings. The first-order chi connectivity index (χ1) is 17.4. The summed E-state index contributed by atoms with van der Waals surface area (Å²) in [4.78, 5) is 32.6. The molecule has 3 aromatic rings. The number of carbonyl (C=O) groups is 2. The molecule has 2 aliphatic rings. The van der Waals surface area contributed by atoms with Crippen LogP contribution < -0.4 is 14.5 Å². The maximum atomic E-state index is 13.3. The van der Waals surface area contributed by atoms with Crippen molar-refractivity contribution in [2.24, 2.45) is 0 Å². The van der Waals surface area contributed by atoms with Crippen molar-refractivity contribution in [3.05, 3.63) is 83.3 Å². The lowest BCUT2D eigenvalue weighted by atomic mass is 9.96. The molecule has 8 heteroatoms. The quantitative estimate of drug-likeness (QED) is 0.331. The van der Waals surface area contributed by atoms with Gasteiger partial charge in [-0.25, -0.2) is 0 Å². The number of aryl methyl sites for hydroxylation is 1. The Hall–Kier alpha value is -4.04. The number of carbonyl (C=O) groups excluding carboxylic acids is 2. The first-order valence-corrected chi connectivity index (χ1v) is 11.9. The summed E-state index contributed by atoms with van der Waals surface area (Å²) < 4.78 is 10.9. The van der Waals surface area contributed by atoms with E-state index in [1.165, 1.54) is 11.2 Å². The standard InChI is InChI=1S/C28H29N3O5/c1-18-17-21(35-3)10-11-22(18)26(32)24-25(23-5-4-16-36-23)31(28(34)27(24)33)20-8-6-19(7-9-20)30-14-12-29(2)13-15-30/h4-11,16-17,25,32H,12-15H2,1-3H3/b26-24-. The predicted molar refractivity (Wildman–Crippen MR) is 137 cm³/mol. The molecule has 0 bridgehead atoms. The van der Waals surface area contributed by atoms with Crippen molar-refractivity contribution in [1.82, 2.24) is 4.90 Å². The molecule has 3 heterocycles. The van der Waals surface area contributed by atoms with Gasteiger partial charge in [0.1, 0.15) is 23.3 Å². The van der Waals surface area contributed by atoms with Crippen LogP contribution in [0.1, 0.15) is 22.9 Å². The lowest BCUT2D eigenvalue weighted by molar-refractivity contribution is -0.132. The van der Waals surface area contributed by atoms with Gasteiger partial charge in [-0.15, -0.1) is 0 Å². The molecule has 5 rings (SSSR count). The number of furan rings is 1. The van der Waals surface area contributed by atoms with Gasteiger partial charge in [-0.05, 0) is 74.1 Å². The highest BCUT2D eigenvalue weighted by atomic mass is 16.5. The van der Waals surface area contributed by atoms with Crippen molar-refractivity contribution in [1.29, 1.82) is 0 Å². The number of ether oxygens (including phenoxy) is 1. The number of methoxy groups -OCH3 is 1. The van der Waals surface area contributed by atoms with E-state index in [1.807, 2.05) is 31.2 Å². The topological polar surface area (TPSA) is 86.5 Å². The van der Waals surface area contributed by atoms with Crippen LogP contribution in [0.25, 0.3) is 5.76 Å². The highest BCUT2D eigenvalue weighted by Gasteiger charge is 2.48. The molecule has 1 atom stereocenters. The van der Waals surface area contributed by atoms with Crippen LogP contribution in [0.3, 0.4) is 0 Å². The molecule has 0 spiro atoms. The molecule has 2 aromatic carbocycles. The molecular formula is C28H29N3O5. The van der Waals surface area contributed by atoms with E-state index in [-0.39, 0.29) is 11.3 Å². The van der Waals surface area contributed by atoms with Gasteiger partial charge in [0.2, 0.25) is 0 Å². The number of likely N-dealkylation sites (N-methyl/N-ethyl adjacent to an activating group) is 1. The van der Waals surface area contributed by atoms with E-state index < -0.39 is 17.7 Å². The highest BCUT2D eigenvalue weighted by molar-refractivity contribution is 6.51. The van der Waals surface area contributed by atoms with Crippen LogP contribution in [0.15, 0.2) is 70.9 Å². The summed E-state index contributed by atoms with van der Waals surface area (Å²) in [5.74, 6) is -0.687. The molecule has 1 N–H and O–H groups in total. The highest BCUT2D eigenvalue weighted by Crippen LogP contribution is 2.43. The summed E-state index contributed by atoms with van der Waals surface area (Å²) in [6.45, 7) is 5.63. The maximum Gasteiger partial charge on any atom is 0.300 e. The number of anilines is 2. The number of Topliss-reactive ketones (excluding diaryl/α,β-unsaturated/α-hetero) is 1. The Morgan fingerprint density at radius 1 is 1.00 bits per heavy atom. The Morgan fingerprint density at radius 3 is 2.31 bits per heavy atom. The first kappa shape index (κ1) is 23.7. The second kappa shape index (κ2) is 9.54. The van der Waals surface area contributed by atoms with Crippen LogP contribution in [-0.4, -0.2) is 62.0 Å². The normalized spacial score (nSPS) is 20.2. The molecule has 2 aliphatic heterocycles. The largest absolute Gasteiger partial charge is 0.507 e. The van der Waals surface area contributed by atoms with Crippen LogP contribution in [0.2, 0.25) is 0 Å². The van der Waals surface area contributed by atoms with Gasteiger partial charge in [-0.1, -0.05) is 0 Å². The zero-order chi connectivity index (χ0) is 25.4. The van der Waals surface area contributed by atoms with Crippen molar-refractivity contribution in [2.75, 3.05) is 50.1 Å². The SMILES string of the molecule is COc1ccc(/C(O)=C2/C(=O)C(=O)N(c3ccc(N4CCN(C)CC4)cc3)C2c2ccco2)c(C)c1. The maximum absolute atomic E-state index is 13.3. The third-order valence-electron chi connectivity index (χ3n) is 6.94. The summed E-state index contributed by atoms with van der Waals surface area (Å²) in [5.41, 5.74) is 2.78. The van der Waals surface area contributed by atoms with Gasteiger partial charge in [-0.2, -0.15) is 0 Å². The Kier molecular flexibility index (Phi) is 6.28. The Morgan fingerprint density at radius 2 is 1.69 bits per heavy atom. The van der Waals surface area contributed by atoms with E-state index in [9.17, 15) is 14.7 Å². The fraction of sp³-hybridized carbons (Fsp3) is 0.286. The van der Waals surface area contributed by atoms with Crippen molar-refractivity contribution in [2.45, 2.75) is 13.0 Å². The number of rotatable bonds is 5. The van der Waals surface area contributed by atoms with Gasteiger partial charge in [-0.3, -0.25) is 14.5 Å². The van der Waals surface area contributed by atoms with Gasteiger partial charge in [0.15, 0.2) is 0 Å². The van der Waals surface area contributed by atoms with Crippen LogP contribution >= 0.6 is 0 Å². The third-order valence-corrected chi connectivity index (χ3v) is 6.94. The smallest absolute Gasteiger partial charge is 0.300 e. The minimum Gasteiger partial charge on any atom is -0.507 e. The molecule has 0 aliphatic carbocycles. The molecule has 1 unspecified atom stereocenters. The number of hydrogen-bond donors (Lipinski definition) is 1. The van der Waals surface area contributed by atoms with Gasteiger partial charge in [0.25, 0.3) is 11.7 Å². The molecule has 0 radical (unpaired) electrons. The molecule has 0 saturated carbocycles. The summed E-state index contributed by atoms with van der Waals surface area (Å²) in [6, 6.07) is 15.3. The fourth-order valence-electron chi connectivity index (χ4n) is 4.88. The van der Waals surface area contributed by atoms with E-state index in [1.54, 1.807) is 37.4 Å². The zero-order valence-electron chi connectivity index (χ0n) is 20.6. The van der Waals surface area contributed by atoms with Crippen LogP contribution in [0.5, 0.6) is 5.75 Å². The third kappa shape index (κ3) is 4.13. The van der Waals surface area contributed by atoms with Gasteiger partial charge < -0.3 is 24.1 Å². The minimum atomic E-state index is -0.893. The predicted octanol–water partition coefficient (Wildman–Crippen LogP) is 3.97. The molecule has 186 valence electrons. The van der Waals surface area contributed by atoms with Crippen molar-refractivity contribution < 1.29 is 23.8 Å². The second-order valence-corrected chi connectivity index (χ2v) is 9.17. The van der Waals surface area contributed by atoms with Gasteiger partial charge >= 0.3 is 0 Å². The van der Waals surface area contributed by atoms with E-state index in [2.05, 4.69) is 16.8 Å². The van der Waals surface area contributed by atoms with Crippen LogP contribution in [0.4, 0.5) is 11.4 Å². The second-order valence-electron chi connectivity index (χ2n) is 9.17. The van der Waals surface area contributed by atoms with E-state index in [4.69, 9.17) is 9.15 Å². The van der Waals surface area contributed by atoms with Crippen molar-refractivity contribution in [3.63, 3.8) is 0 Å². The van der Waals surface area contributed by atoms with Gasteiger partial charge in [0.05, 0.1) is 18.9 Å². The Bertz CT molecular complexity index is 1310. The molecule has 36 heavy (non-hydrogen) atoms. The number of ketones is 1. The molecular weight excluding hydrogens is 458 g/mol. The summed E-state index contributed by atoms with van der Waals surface area (Å²) >= 11 is 0. The lowest BCUT2D eigenvalue weighted by Crippen LogP contribution is -2.44. The summed E-state index contributed by atoms with van der Waals surface area (Å²) in [7, 11) is 3.67. The number of piperazine rings is 1. The molecule has 1 aromatic heterocycles.